The normalized spacial score (nSPS) is 12.0. The Hall–Kier alpha value is -3.47. The van der Waals surface area contributed by atoms with Gasteiger partial charge >= 0.3 is 6.09 Å². The monoisotopic (exact) mass is 460 g/mol. The third-order valence-electron chi connectivity index (χ3n) is 5.39. The first-order valence-corrected chi connectivity index (χ1v) is 11.8. The van der Waals surface area contributed by atoms with Crippen molar-refractivity contribution >= 4 is 11.8 Å². The Kier molecular flexibility index (Phi) is 8.97. The van der Waals surface area contributed by atoms with Crippen molar-refractivity contribution in [3.63, 3.8) is 0 Å². The molecule has 34 heavy (non-hydrogen) atoms. The number of carbonyl (C=O) groups is 1. The van der Waals surface area contributed by atoms with Gasteiger partial charge in [0, 0.05) is 18.8 Å². The lowest BCUT2D eigenvalue weighted by Gasteiger charge is -2.20. The summed E-state index contributed by atoms with van der Waals surface area (Å²) in [5, 5.41) is 6.30. The number of hydrogen-bond donors (Lipinski definition) is 2. The summed E-state index contributed by atoms with van der Waals surface area (Å²) in [6.07, 6.45) is 0.486. The van der Waals surface area contributed by atoms with Crippen molar-refractivity contribution in [3.05, 3.63) is 95.6 Å². The van der Waals surface area contributed by atoms with Crippen LogP contribution in [0.15, 0.2) is 78.9 Å². The number of anilines is 1. The summed E-state index contributed by atoms with van der Waals surface area (Å²) in [4.78, 5) is 11.8. The van der Waals surface area contributed by atoms with Gasteiger partial charge in [-0.1, -0.05) is 61.5 Å². The predicted molar refractivity (Wildman–Crippen MR) is 138 cm³/mol. The molecule has 3 aromatic carbocycles. The highest BCUT2D eigenvalue weighted by Gasteiger charge is 2.16. The molecule has 3 rings (SSSR count). The third-order valence-corrected chi connectivity index (χ3v) is 5.39. The smallest absolute Gasteiger partial charge is 0.407 e. The second kappa shape index (κ2) is 12.1. The van der Waals surface area contributed by atoms with Gasteiger partial charge in [-0.15, -0.1) is 0 Å². The van der Waals surface area contributed by atoms with Crippen LogP contribution in [0.4, 0.5) is 10.5 Å². The maximum Gasteiger partial charge on any atom is 0.407 e. The fraction of sp³-hybridized carbons (Fsp3) is 0.345. The summed E-state index contributed by atoms with van der Waals surface area (Å²) < 4.78 is 11.1. The molecule has 1 atom stereocenters. The Balaban J connectivity index is 1.39. The van der Waals surface area contributed by atoms with E-state index in [-0.39, 0.29) is 6.09 Å². The molecule has 0 spiro atoms. The van der Waals surface area contributed by atoms with Gasteiger partial charge in [-0.3, -0.25) is 0 Å². The zero-order valence-corrected chi connectivity index (χ0v) is 20.6. The van der Waals surface area contributed by atoms with Crippen LogP contribution >= 0.6 is 0 Å². The van der Waals surface area contributed by atoms with E-state index in [0.717, 1.165) is 30.0 Å². The minimum Gasteiger partial charge on any atom is -0.489 e. The molecule has 0 saturated carbocycles. The van der Waals surface area contributed by atoms with Crippen LogP contribution in [-0.4, -0.2) is 18.2 Å². The first-order valence-electron chi connectivity index (χ1n) is 11.8. The molecule has 0 bridgehead atoms. The molecule has 0 heterocycles. The molecular formula is C29H36N2O3. The van der Waals surface area contributed by atoms with E-state index in [4.69, 9.17) is 9.47 Å². The van der Waals surface area contributed by atoms with Crippen LogP contribution in [0.2, 0.25) is 0 Å². The molecule has 2 N–H and O–H groups in total. The number of ether oxygens (including phenoxy) is 2. The van der Waals surface area contributed by atoms with Crippen LogP contribution in [0, 0.1) is 0 Å². The summed E-state index contributed by atoms with van der Waals surface area (Å²) in [6.45, 7) is 9.65. The third kappa shape index (κ3) is 8.81. The lowest BCUT2D eigenvalue weighted by atomic mass is 9.97. The SMILES string of the molecule is CC(CCNC(=O)OC(C)(C)C)c1ccc(NCc2ccc(OCc3ccccc3)cc2)cc1. The molecule has 0 aromatic heterocycles. The maximum absolute atomic E-state index is 11.8. The standard InChI is InChI=1S/C29H36N2O3/c1-22(18-19-30-28(32)34-29(2,3)4)25-12-14-26(15-13-25)31-20-23-10-16-27(17-11-23)33-21-24-8-6-5-7-9-24/h5-17,22,31H,18-21H2,1-4H3,(H,30,32). The quantitative estimate of drug-likeness (QED) is 0.346. The van der Waals surface area contributed by atoms with E-state index in [2.05, 4.69) is 66.1 Å². The minimum atomic E-state index is -0.475. The van der Waals surface area contributed by atoms with Crippen molar-refractivity contribution in [2.24, 2.45) is 0 Å². The highest BCUT2D eigenvalue weighted by molar-refractivity contribution is 5.67. The van der Waals surface area contributed by atoms with Gasteiger partial charge in [0.15, 0.2) is 0 Å². The van der Waals surface area contributed by atoms with E-state index in [0.29, 0.717) is 19.1 Å². The van der Waals surface area contributed by atoms with E-state index < -0.39 is 5.60 Å². The average molecular weight is 461 g/mol. The summed E-state index contributed by atoms with van der Waals surface area (Å²) in [6, 6.07) is 26.8. The molecule has 0 radical (unpaired) electrons. The highest BCUT2D eigenvalue weighted by atomic mass is 16.6. The van der Waals surface area contributed by atoms with Crippen molar-refractivity contribution < 1.29 is 14.3 Å². The van der Waals surface area contributed by atoms with Gasteiger partial charge in [-0.2, -0.15) is 0 Å². The minimum absolute atomic E-state index is 0.340. The number of amides is 1. The second-order valence-corrected chi connectivity index (χ2v) is 9.51. The highest BCUT2D eigenvalue weighted by Crippen LogP contribution is 2.21. The van der Waals surface area contributed by atoms with Crippen molar-refractivity contribution in [2.75, 3.05) is 11.9 Å². The first-order chi connectivity index (χ1) is 16.3. The molecule has 5 heteroatoms. The number of rotatable bonds is 10. The fourth-order valence-corrected chi connectivity index (χ4v) is 3.45. The molecule has 0 fully saturated rings. The molecule has 0 aliphatic heterocycles. The maximum atomic E-state index is 11.8. The fourth-order valence-electron chi connectivity index (χ4n) is 3.45. The Morgan fingerprint density at radius 2 is 1.56 bits per heavy atom. The number of benzene rings is 3. The Morgan fingerprint density at radius 1 is 0.882 bits per heavy atom. The molecule has 0 saturated heterocycles. The van der Waals surface area contributed by atoms with E-state index in [1.165, 1.54) is 11.1 Å². The lowest BCUT2D eigenvalue weighted by Crippen LogP contribution is -2.33. The first kappa shape index (κ1) is 25.2. The molecule has 1 amide bonds. The van der Waals surface area contributed by atoms with Gasteiger partial charge in [0.1, 0.15) is 18.0 Å². The van der Waals surface area contributed by atoms with E-state index >= 15 is 0 Å². The van der Waals surface area contributed by atoms with Crippen molar-refractivity contribution in [3.8, 4) is 5.75 Å². The molecular weight excluding hydrogens is 424 g/mol. The largest absolute Gasteiger partial charge is 0.489 e. The van der Waals surface area contributed by atoms with Crippen LogP contribution in [0.25, 0.3) is 0 Å². The van der Waals surface area contributed by atoms with Crippen LogP contribution < -0.4 is 15.4 Å². The molecule has 1 unspecified atom stereocenters. The van der Waals surface area contributed by atoms with Gasteiger partial charge in [0.25, 0.3) is 0 Å². The van der Waals surface area contributed by atoms with E-state index in [1.807, 2.05) is 51.1 Å². The predicted octanol–water partition coefficient (Wildman–Crippen LogP) is 6.90. The van der Waals surface area contributed by atoms with Crippen LogP contribution in [-0.2, 0) is 17.9 Å². The van der Waals surface area contributed by atoms with Crippen LogP contribution in [0.5, 0.6) is 5.75 Å². The summed E-state index contributed by atoms with van der Waals surface area (Å²) in [5.41, 5.74) is 4.20. The van der Waals surface area contributed by atoms with Gasteiger partial charge in [0.05, 0.1) is 0 Å². The van der Waals surface area contributed by atoms with Gasteiger partial charge in [-0.25, -0.2) is 4.79 Å². The Labute approximate surface area is 203 Å². The molecule has 5 nitrogen and oxygen atoms in total. The summed E-state index contributed by atoms with van der Waals surface area (Å²) in [7, 11) is 0. The van der Waals surface area contributed by atoms with Crippen molar-refractivity contribution in [1.82, 2.24) is 5.32 Å². The Morgan fingerprint density at radius 3 is 2.21 bits per heavy atom. The van der Waals surface area contributed by atoms with Crippen LogP contribution in [0.3, 0.4) is 0 Å². The summed E-state index contributed by atoms with van der Waals surface area (Å²) >= 11 is 0. The molecule has 0 aliphatic carbocycles. The number of alkyl carbamates (subject to hydrolysis) is 1. The number of nitrogens with one attached hydrogen (secondary N) is 2. The Bertz CT molecular complexity index is 1010. The lowest BCUT2D eigenvalue weighted by molar-refractivity contribution is 0.0526. The zero-order chi connectivity index (χ0) is 24.4. The van der Waals surface area contributed by atoms with Crippen molar-refractivity contribution in [2.45, 2.75) is 58.8 Å². The zero-order valence-electron chi connectivity index (χ0n) is 20.6. The van der Waals surface area contributed by atoms with Crippen molar-refractivity contribution in [1.29, 1.82) is 0 Å². The van der Waals surface area contributed by atoms with Gasteiger partial charge in [0.2, 0.25) is 0 Å². The molecule has 180 valence electrons. The number of hydrogen-bond acceptors (Lipinski definition) is 4. The molecule has 0 aliphatic rings. The second-order valence-electron chi connectivity index (χ2n) is 9.51. The van der Waals surface area contributed by atoms with Crippen LogP contribution in [0.1, 0.15) is 56.7 Å². The van der Waals surface area contributed by atoms with Gasteiger partial charge in [-0.05, 0) is 74.1 Å². The van der Waals surface area contributed by atoms with E-state index in [1.54, 1.807) is 0 Å². The number of carbonyl (C=O) groups excluding carboxylic acids is 1. The molecule has 3 aromatic rings. The van der Waals surface area contributed by atoms with Gasteiger partial charge < -0.3 is 20.1 Å². The topological polar surface area (TPSA) is 59.6 Å². The summed E-state index contributed by atoms with van der Waals surface area (Å²) in [5.74, 6) is 1.21. The van der Waals surface area contributed by atoms with E-state index in [9.17, 15) is 4.79 Å². The average Bonchev–Trinajstić information content (AvgIpc) is 2.82.